The molecule has 4 rings (SSSR count). The van der Waals surface area contributed by atoms with E-state index in [-0.39, 0.29) is 11.8 Å². The largest absolute Gasteiger partial charge is 0.391 e. The number of carbonyl (C=O) groups excluding carboxylic acids is 2. The topological polar surface area (TPSA) is 85.8 Å². The van der Waals surface area contributed by atoms with E-state index in [9.17, 15) is 14.7 Å². The number of fused-ring (bicyclic) bond motifs is 1. The van der Waals surface area contributed by atoms with E-state index in [0.29, 0.717) is 26.2 Å². The number of amides is 2. The van der Waals surface area contributed by atoms with Gasteiger partial charge in [0.25, 0.3) is 0 Å². The van der Waals surface area contributed by atoms with Gasteiger partial charge in [0, 0.05) is 30.6 Å². The first-order valence-electron chi connectivity index (χ1n) is 9.04. The first-order chi connectivity index (χ1) is 13.0. The Morgan fingerprint density at radius 2 is 2.07 bits per heavy atom. The normalized spacial score (nSPS) is 24.4. The van der Waals surface area contributed by atoms with Gasteiger partial charge >= 0.3 is 0 Å². The Labute approximate surface area is 161 Å². The van der Waals surface area contributed by atoms with E-state index < -0.39 is 18.2 Å². The van der Waals surface area contributed by atoms with Crippen LogP contribution in [0.15, 0.2) is 35.7 Å². The second-order valence-electron chi connectivity index (χ2n) is 7.00. The van der Waals surface area contributed by atoms with Gasteiger partial charge in [-0.2, -0.15) is 0 Å². The number of hydrogen-bond donors (Lipinski definition) is 2. The number of nitrogens with one attached hydrogen (secondary N) is 1. The third kappa shape index (κ3) is 3.60. The molecule has 1 aromatic heterocycles. The lowest BCUT2D eigenvalue weighted by molar-refractivity contribution is -0.156. The summed E-state index contributed by atoms with van der Waals surface area (Å²) in [6.07, 6.45) is -0.896. The number of hydrogen-bond acceptors (Lipinski definition) is 6. The molecule has 2 aliphatic heterocycles. The van der Waals surface area contributed by atoms with Gasteiger partial charge in [0.15, 0.2) is 0 Å². The number of carbonyl (C=O) groups is 2. The molecule has 2 N–H and O–H groups in total. The molecule has 2 aliphatic rings. The van der Waals surface area contributed by atoms with Gasteiger partial charge in [-0.05, 0) is 6.92 Å². The van der Waals surface area contributed by atoms with Crippen LogP contribution < -0.4 is 5.32 Å². The molecule has 2 fully saturated rings. The lowest BCUT2D eigenvalue weighted by Crippen LogP contribution is -2.70. The van der Waals surface area contributed by atoms with Crippen LogP contribution in [-0.4, -0.2) is 69.5 Å². The minimum atomic E-state index is -0.896. The number of piperazine rings is 2. The van der Waals surface area contributed by atoms with Crippen molar-refractivity contribution in [2.45, 2.75) is 31.7 Å². The van der Waals surface area contributed by atoms with Crippen LogP contribution in [0, 0.1) is 0 Å². The van der Waals surface area contributed by atoms with E-state index in [2.05, 4.69) is 10.2 Å². The maximum Gasteiger partial charge on any atom is 0.248 e. The highest BCUT2D eigenvalue weighted by Crippen LogP contribution is 2.24. The second-order valence-corrected chi connectivity index (χ2v) is 7.94. The fraction of sp³-hybridized carbons (Fsp3) is 0.421. The van der Waals surface area contributed by atoms with E-state index in [0.717, 1.165) is 16.3 Å². The highest BCUT2D eigenvalue weighted by molar-refractivity contribution is 7.09. The van der Waals surface area contributed by atoms with E-state index in [4.69, 9.17) is 4.98 Å². The first kappa shape index (κ1) is 18.1. The summed E-state index contributed by atoms with van der Waals surface area (Å²) in [5.74, 6) is -0.399. The zero-order valence-corrected chi connectivity index (χ0v) is 15.9. The molecule has 7 nitrogen and oxygen atoms in total. The summed E-state index contributed by atoms with van der Waals surface area (Å²) < 4.78 is 0. The van der Waals surface area contributed by atoms with Gasteiger partial charge < -0.3 is 15.3 Å². The number of benzene rings is 1. The average molecular weight is 386 g/mol. The Morgan fingerprint density at radius 1 is 1.30 bits per heavy atom. The Kier molecular flexibility index (Phi) is 4.94. The standard InChI is InChI=1S/C19H22N4O3S/c1-12(24)17-19(26)23-8-7-22(9-15(23)18(25)21-17)10-16-20-14(11-27-16)13-5-3-2-4-6-13/h2-6,11-12,15,17,24H,7-10H2,1H3,(H,21,25)/t12-,15-,17+/m1/s1. The van der Waals surface area contributed by atoms with Crippen molar-refractivity contribution in [3.8, 4) is 11.3 Å². The van der Waals surface area contributed by atoms with Crippen LogP contribution in [0.5, 0.6) is 0 Å². The van der Waals surface area contributed by atoms with E-state index >= 15 is 0 Å². The van der Waals surface area contributed by atoms with Gasteiger partial charge in [0.05, 0.1) is 18.3 Å². The van der Waals surface area contributed by atoms with Gasteiger partial charge in [-0.1, -0.05) is 30.3 Å². The van der Waals surface area contributed by atoms with Gasteiger partial charge in [-0.3, -0.25) is 14.5 Å². The smallest absolute Gasteiger partial charge is 0.248 e. The van der Waals surface area contributed by atoms with Gasteiger partial charge in [0.1, 0.15) is 17.1 Å². The maximum atomic E-state index is 12.5. The fourth-order valence-corrected chi connectivity index (χ4v) is 4.45. The predicted molar refractivity (Wildman–Crippen MR) is 102 cm³/mol. The summed E-state index contributed by atoms with van der Waals surface area (Å²) in [6, 6.07) is 8.69. The summed E-state index contributed by atoms with van der Waals surface area (Å²) in [5, 5.41) is 15.4. The molecular formula is C19H22N4O3S. The van der Waals surface area contributed by atoms with Crippen LogP contribution >= 0.6 is 11.3 Å². The number of thiazole rings is 1. The Hall–Kier alpha value is -2.29. The summed E-state index contributed by atoms with van der Waals surface area (Å²) in [6.45, 7) is 3.82. The molecule has 27 heavy (non-hydrogen) atoms. The molecule has 2 amide bonds. The van der Waals surface area contributed by atoms with Crippen LogP contribution in [0.25, 0.3) is 11.3 Å². The molecule has 3 heterocycles. The quantitative estimate of drug-likeness (QED) is 0.808. The molecule has 0 saturated carbocycles. The molecule has 0 radical (unpaired) electrons. The van der Waals surface area contributed by atoms with Crippen molar-refractivity contribution >= 4 is 23.2 Å². The van der Waals surface area contributed by atoms with Crippen LogP contribution in [-0.2, 0) is 16.1 Å². The predicted octanol–water partition coefficient (Wildman–Crippen LogP) is 0.702. The number of aromatic nitrogens is 1. The number of rotatable bonds is 4. The van der Waals surface area contributed by atoms with Crippen LogP contribution in [0.2, 0.25) is 0 Å². The molecule has 0 bridgehead atoms. The summed E-state index contributed by atoms with van der Waals surface area (Å²) >= 11 is 1.61. The van der Waals surface area contributed by atoms with Crippen molar-refractivity contribution in [2.24, 2.45) is 0 Å². The maximum absolute atomic E-state index is 12.5. The number of aliphatic hydroxyl groups excluding tert-OH is 1. The van der Waals surface area contributed by atoms with E-state index in [1.54, 1.807) is 16.2 Å². The third-order valence-corrected chi connectivity index (χ3v) is 5.91. The van der Waals surface area contributed by atoms with Crippen molar-refractivity contribution < 1.29 is 14.7 Å². The van der Waals surface area contributed by atoms with Gasteiger partial charge in [0.2, 0.25) is 11.8 Å². The molecule has 1 aromatic carbocycles. The van der Waals surface area contributed by atoms with Crippen LogP contribution in [0.3, 0.4) is 0 Å². The highest BCUT2D eigenvalue weighted by atomic mass is 32.1. The van der Waals surface area contributed by atoms with Crippen LogP contribution in [0.1, 0.15) is 11.9 Å². The minimum absolute atomic E-state index is 0.199. The number of aliphatic hydroxyl groups is 1. The molecule has 3 atom stereocenters. The van der Waals surface area contributed by atoms with Crippen molar-refractivity contribution in [3.05, 3.63) is 40.7 Å². The van der Waals surface area contributed by atoms with Gasteiger partial charge in [-0.25, -0.2) is 4.98 Å². The highest BCUT2D eigenvalue weighted by Gasteiger charge is 2.44. The van der Waals surface area contributed by atoms with Crippen molar-refractivity contribution in [2.75, 3.05) is 19.6 Å². The second kappa shape index (κ2) is 7.38. The number of nitrogens with zero attached hydrogens (tertiary/aromatic N) is 3. The van der Waals surface area contributed by atoms with Crippen molar-refractivity contribution in [1.82, 2.24) is 20.1 Å². The van der Waals surface area contributed by atoms with E-state index in [1.807, 2.05) is 35.7 Å². The SMILES string of the molecule is C[C@@H](O)[C@@H]1NC(=O)[C@H]2CN(Cc3nc(-c4ccccc4)cs3)CCN2C1=O. The molecule has 0 aliphatic carbocycles. The zero-order chi connectivity index (χ0) is 19.0. The monoisotopic (exact) mass is 386 g/mol. The molecule has 142 valence electrons. The van der Waals surface area contributed by atoms with Crippen molar-refractivity contribution in [3.63, 3.8) is 0 Å². The molecule has 2 aromatic rings. The molecule has 0 unspecified atom stereocenters. The average Bonchev–Trinajstić information content (AvgIpc) is 3.13. The summed E-state index contributed by atoms with van der Waals surface area (Å²) in [4.78, 5) is 33.4. The summed E-state index contributed by atoms with van der Waals surface area (Å²) in [5.41, 5.74) is 2.05. The van der Waals surface area contributed by atoms with Gasteiger partial charge in [-0.15, -0.1) is 11.3 Å². The lowest BCUT2D eigenvalue weighted by atomic mass is 10.0. The van der Waals surface area contributed by atoms with Crippen molar-refractivity contribution in [1.29, 1.82) is 0 Å². The minimum Gasteiger partial charge on any atom is -0.391 e. The molecule has 0 spiro atoms. The third-order valence-electron chi connectivity index (χ3n) is 5.08. The zero-order valence-electron chi connectivity index (χ0n) is 15.0. The molecular weight excluding hydrogens is 364 g/mol. The Bertz CT molecular complexity index is 838. The molecule has 8 heteroatoms. The lowest BCUT2D eigenvalue weighted by Gasteiger charge is -2.45. The summed E-state index contributed by atoms with van der Waals surface area (Å²) in [7, 11) is 0. The molecule has 2 saturated heterocycles. The Balaban J connectivity index is 1.42. The van der Waals surface area contributed by atoms with E-state index in [1.165, 1.54) is 6.92 Å². The Morgan fingerprint density at radius 3 is 2.81 bits per heavy atom. The fourth-order valence-electron chi connectivity index (χ4n) is 3.60. The first-order valence-corrected chi connectivity index (χ1v) is 9.92. The van der Waals surface area contributed by atoms with Crippen LogP contribution in [0.4, 0.5) is 0 Å².